The van der Waals surface area contributed by atoms with Crippen molar-refractivity contribution in [2.45, 2.75) is 30.8 Å². The van der Waals surface area contributed by atoms with Gasteiger partial charge in [0.1, 0.15) is 12.6 Å². The number of nitrogens with zero attached hydrogens (tertiary/aromatic N) is 2. The minimum Gasteiger partial charge on any atom is -0.355 e. The summed E-state index contributed by atoms with van der Waals surface area (Å²) in [6.07, 6.45) is 0.198. The van der Waals surface area contributed by atoms with Gasteiger partial charge in [-0.25, -0.2) is 8.42 Å². The molecule has 0 aromatic heterocycles. The third kappa shape index (κ3) is 8.30. The fourth-order valence-corrected chi connectivity index (χ4v) is 6.46. The van der Waals surface area contributed by atoms with Gasteiger partial charge in [-0.15, -0.1) is 0 Å². The largest absolute Gasteiger partial charge is 0.355 e. The Morgan fingerprint density at radius 2 is 1.49 bits per heavy atom. The van der Waals surface area contributed by atoms with Crippen molar-refractivity contribution in [3.8, 4) is 0 Å². The Labute approximate surface area is 267 Å². The lowest BCUT2D eigenvalue weighted by Crippen LogP contribution is -2.53. The zero-order valence-electron chi connectivity index (χ0n) is 23.3. The molecule has 0 aliphatic rings. The summed E-state index contributed by atoms with van der Waals surface area (Å²) in [4.78, 5) is 29.2. The highest BCUT2D eigenvalue weighted by atomic mass is 35.5. The van der Waals surface area contributed by atoms with Crippen LogP contribution in [0.4, 0.5) is 5.69 Å². The molecular weight excluding hydrogens is 629 g/mol. The number of halogens is 3. The van der Waals surface area contributed by atoms with Crippen molar-refractivity contribution >= 4 is 62.3 Å². The maximum Gasteiger partial charge on any atom is 0.264 e. The minimum absolute atomic E-state index is 0.0302. The molecule has 4 rings (SSSR count). The van der Waals surface area contributed by atoms with E-state index in [0.717, 1.165) is 9.87 Å². The summed E-state index contributed by atoms with van der Waals surface area (Å²) in [7, 11) is -4.27. The molecule has 0 heterocycles. The van der Waals surface area contributed by atoms with E-state index in [2.05, 4.69) is 5.32 Å². The van der Waals surface area contributed by atoms with Crippen LogP contribution in [0, 0.1) is 0 Å². The van der Waals surface area contributed by atoms with Crippen LogP contribution in [-0.4, -0.2) is 44.3 Å². The van der Waals surface area contributed by atoms with Crippen LogP contribution in [-0.2, 0) is 32.6 Å². The molecule has 0 saturated carbocycles. The first-order valence-electron chi connectivity index (χ1n) is 13.5. The van der Waals surface area contributed by atoms with Gasteiger partial charge in [-0.05, 0) is 66.6 Å². The van der Waals surface area contributed by atoms with Gasteiger partial charge in [0, 0.05) is 34.6 Å². The van der Waals surface area contributed by atoms with Crippen molar-refractivity contribution in [2.75, 3.05) is 17.4 Å². The summed E-state index contributed by atoms with van der Waals surface area (Å²) < 4.78 is 29.0. The maximum absolute atomic E-state index is 14.3. The smallest absolute Gasteiger partial charge is 0.264 e. The molecule has 4 aromatic rings. The number of amides is 2. The quantitative estimate of drug-likeness (QED) is 0.185. The van der Waals surface area contributed by atoms with Crippen LogP contribution >= 0.6 is 34.8 Å². The standard InChI is InChI=1S/C32H30Cl3N3O4S/c1-2-36-32(40)30(19-23-9-4-3-5-10-23)37(21-24-11-6-7-14-29(24)35)31(39)22-38(27-13-8-12-26(34)20-27)43(41,42)28-17-15-25(33)16-18-28/h3-18,20,30H,2,19,21-22H2,1H3,(H,36,40)/t30-/m0/s1. The van der Waals surface area contributed by atoms with Crippen molar-refractivity contribution in [1.29, 1.82) is 0 Å². The number of rotatable bonds is 12. The third-order valence-electron chi connectivity index (χ3n) is 6.70. The number of likely N-dealkylation sites (N-methyl/N-ethyl adjacent to an activating group) is 1. The van der Waals surface area contributed by atoms with Crippen LogP contribution in [0.2, 0.25) is 15.1 Å². The van der Waals surface area contributed by atoms with Crippen molar-refractivity contribution in [2.24, 2.45) is 0 Å². The third-order valence-corrected chi connectivity index (χ3v) is 9.34. The molecule has 1 N–H and O–H groups in total. The van der Waals surface area contributed by atoms with E-state index in [4.69, 9.17) is 34.8 Å². The highest BCUT2D eigenvalue weighted by Gasteiger charge is 2.34. The molecule has 7 nitrogen and oxygen atoms in total. The van der Waals surface area contributed by atoms with E-state index in [-0.39, 0.29) is 29.5 Å². The number of carbonyl (C=O) groups is 2. The molecule has 0 aliphatic carbocycles. The molecule has 0 saturated heterocycles. The van der Waals surface area contributed by atoms with Crippen LogP contribution < -0.4 is 9.62 Å². The van der Waals surface area contributed by atoms with Crippen molar-refractivity contribution in [1.82, 2.24) is 10.2 Å². The molecule has 43 heavy (non-hydrogen) atoms. The SMILES string of the molecule is CCNC(=O)[C@H](Cc1ccccc1)N(Cc1ccccc1Cl)C(=O)CN(c1cccc(Cl)c1)S(=O)(=O)c1ccc(Cl)cc1. The van der Waals surface area contributed by atoms with Gasteiger partial charge in [-0.3, -0.25) is 13.9 Å². The van der Waals surface area contributed by atoms with Crippen LogP contribution in [0.15, 0.2) is 108 Å². The van der Waals surface area contributed by atoms with E-state index in [1.54, 1.807) is 49.4 Å². The average molecular weight is 659 g/mol. The summed E-state index contributed by atoms with van der Waals surface area (Å²) in [6, 6.07) is 27.2. The average Bonchev–Trinajstić information content (AvgIpc) is 2.99. The topological polar surface area (TPSA) is 86.8 Å². The molecular formula is C32H30Cl3N3O4S. The van der Waals surface area contributed by atoms with Gasteiger partial charge in [0.05, 0.1) is 10.6 Å². The number of anilines is 1. The van der Waals surface area contributed by atoms with E-state index in [1.807, 2.05) is 30.3 Å². The Morgan fingerprint density at radius 3 is 2.14 bits per heavy atom. The van der Waals surface area contributed by atoms with Gasteiger partial charge in [-0.2, -0.15) is 0 Å². The maximum atomic E-state index is 14.3. The fraction of sp³-hybridized carbons (Fsp3) is 0.188. The van der Waals surface area contributed by atoms with Gasteiger partial charge in [0.25, 0.3) is 10.0 Å². The zero-order valence-corrected chi connectivity index (χ0v) is 26.4. The highest BCUT2D eigenvalue weighted by molar-refractivity contribution is 7.92. The molecule has 1 atom stereocenters. The number of benzene rings is 4. The lowest BCUT2D eigenvalue weighted by Gasteiger charge is -2.34. The molecule has 0 unspecified atom stereocenters. The molecule has 0 bridgehead atoms. The normalized spacial score (nSPS) is 11.9. The molecule has 2 amide bonds. The first-order valence-corrected chi connectivity index (χ1v) is 16.1. The van der Waals surface area contributed by atoms with E-state index < -0.39 is 28.5 Å². The lowest BCUT2D eigenvalue weighted by atomic mass is 10.0. The number of sulfonamides is 1. The predicted molar refractivity (Wildman–Crippen MR) is 172 cm³/mol. The summed E-state index contributed by atoms with van der Waals surface area (Å²) in [5.74, 6) is -0.980. The van der Waals surface area contributed by atoms with Crippen molar-refractivity contribution in [3.05, 3.63) is 129 Å². The second-order valence-electron chi connectivity index (χ2n) is 9.66. The van der Waals surface area contributed by atoms with E-state index in [0.29, 0.717) is 27.2 Å². The second kappa shape index (κ2) is 14.8. The monoisotopic (exact) mass is 657 g/mol. The number of carbonyl (C=O) groups excluding carboxylic acids is 2. The van der Waals surface area contributed by atoms with Crippen LogP contribution in [0.25, 0.3) is 0 Å². The summed E-state index contributed by atoms with van der Waals surface area (Å²) in [5, 5.41) is 3.89. The molecule has 11 heteroatoms. The Bertz CT molecular complexity index is 1670. The van der Waals surface area contributed by atoms with Crippen LogP contribution in [0.3, 0.4) is 0 Å². The van der Waals surface area contributed by atoms with Gasteiger partial charge >= 0.3 is 0 Å². The molecule has 0 spiro atoms. The summed E-state index contributed by atoms with van der Waals surface area (Å²) in [6.45, 7) is 1.49. The summed E-state index contributed by atoms with van der Waals surface area (Å²) in [5.41, 5.74) is 1.62. The number of hydrogen-bond acceptors (Lipinski definition) is 4. The van der Waals surface area contributed by atoms with Crippen molar-refractivity contribution in [3.63, 3.8) is 0 Å². The van der Waals surface area contributed by atoms with Crippen LogP contribution in [0.1, 0.15) is 18.1 Å². The molecule has 0 radical (unpaired) electrons. The second-order valence-corrected chi connectivity index (χ2v) is 12.8. The van der Waals surface area contributed by atoms with Gasteiger partial charge in [0.2, 0.25) is 11.8 Å². The first kappa shape index (κ1) is 32.4. The Morgan fingerprint density at radius 1 is 0.814 bits per heavy atom. The van der Waals surface area contributed by atoms with Gasteiger partial charge in [0.15, 0.2) is 0 Å². The zero-order chi connectivity index (χ0) is 31.0. The molecule has 0 aliphatic heterocycles. The van der Waals surface area contributed by atoms with Gasteiger partial charge in [-0.1, -0.05) is 89.4 Å². The van der Waals surface area contributed by atoms with Crippen molar-refractivity contribution < 1.29 is 18.0 Å². The Kier molecular flexibility index (Phi) is 11.1. The first-order chi connectivity index (χ1) is 20.6. The number of nitrogens with one attached hydrogen (secondary N) is 1. The van der Waals surface area contributed by atoms with Crippen LogP contribution in [0.5, 0.6) is 0 Å². The highest BCUT2D eigenvalue weighted by Crippen LogP contribution is 2.28. The summed E-state index contributed by atoms with van der Waals surface area (Å²) >= 11 is 18.8. The van der Waals surface area contributed by atoms with E-state index >= 15 is 0 Å². The fourth-order valence-electron chi connectivity index (χ4n) is 4.55. The van der Waals surface area contributed by atoms with Gasteiger partial charge < -0.3 is 10.2 Å². The Hall–Kier alpha value is -3.56. The minimum atomic E-state index is -4.27. The number of hydrogen-bond donors (Lipinski definition) is 1. The van der Waals surface area contributed by atoms with E-state index in [9.17, 15) is 18.0 Å². The lowest BCUT2D eigenvalue weighted by molar-refractivity contribution is -0.140. The van der Waals surface area contributed by atoms with E-state index in [1.165, 1.54) is 35.2 Å². The molecule has 4 aromatic carbocycles. The molecule has 0 fully saturated rings. The molecule has 224 valence electrons. The predicted octanol–water partition coefficient (Wildman–Crippen LogP) is 6.62. The Balaban J connectivity index is 1.80.